The third kappa shape index (κ3) is 3.02. The van der Waals surface area contributed by atoms with Gasteiger partial charge in [0.1, 0.15) is 11.5 Å². The van der Waals surface area contributed by atoms with Gasteiger partial charge in [0.25, 0.3) is 11.8 Å². The molecule has 0 radical (unpaired) electrons. The van der Waals surface area contributed by atoms with E-state index in [9.17, 15) is 9.59 Å². The molecule has 0 saturated heterocycles. The Morgan fingerprint density at radius 2 is 1.70 bits per heavy atom. The molecule has 0 saturated carbocycles. The first-order valence-electron chi connectivity index (χ1n) is 6.28. The van der Waals surface area contributed by atoms with Crippen molar-refractivity contribution < 1.29 is 9.59 Å². The zero-order valence-electron chi connectivity index (χ0n) is 12.0. The fraction of sp³-hybridized carbons (Fsp3) is 0.0833. The summed E-state index contributed by atoms with van der Waals surface area (Å²) < 4.78 is 1.09. The number of nitrogens with two attached hydrogens (primary N) is 1. The molecular formula is C12H13N9O2. The average molecular weight is 315 g/mol. The van der Waals surface area contributed by atoms with Gasteiger partial charge in [-0.2, -0.15) is 11.1 Å². The number of nitrogens with zero attached hydrogens (tertiary/aromatic N) is 4. The Balaban J connectivity index is 2.44. The Morgan fingerprint density at radius 1 is 1.13 bits per heavy atom. The first kappa shape index (κ1) is 15.8. The second-order valence-electron chi connectivity index (χ2n) is 4.41. The highest BCUT2D eigenvalue weighted by atomic mass is 16.2. The fourth-order valence-corrected chi connectivity index (χ4v) is 1.96. The molecule has 0 aliphatic heterocycles. The van der Waals surface area contributed by atoms with E-state index in [-0.39, 0.29) is 5.69 Å². The summed E-state index contributed by atoms with van der Waals surface area (Å²) in [5.74, 6) is 4.97. The topological polar surface area (TPSA) is 174 Å². The lowest BCUT2D eigenvalue weighted by molar-refractivity contribution is 0.0937. The predicted octanol–water partition coefficient (Wildman–Crippen LogP) is 0.924. The van der Waals surface area contributed by atoms with Gasteiger partial charge in [-0.1, -0.05) is 22.6 Å². The Hall–Kier alpha value is -3.63. The molecule has 0 aliphatic rings. The highest BCUT2D eigenvalue weighted by molar-refractivity contribution is 5.99. The van der Waals surface area contributed by atoms with Gasteiger partial charge in [-0.05, 0) is 19.1 Å². The number of amides is 2. The van der Waals surface area contributed by atoms with E-state index in [0.717, 1.165) is 4.68 Å². The molecule has 118 valence electrons. The van der Waals surface area contributed by atoms with Gasteiger partial charge >= 0.3 is 0 Å². The average Bonchev–Trinajstić information content (AvgIpc) is 2.83. The molecule has 2 aromatic rings. The van der Waals surface area contributed by atoms with Crippen molar-refractivity contribution in [3.05, 3.63) is 41.3 Å². The zero-order valence-corrected chi connectivity index (χ0v) is 12.0. The van der Waals surface area contributed by atoms with Crippen LogP contribution in [0.15, 0.2) is 34.7 Å². The Labute approximate surface area is 129 Å². The van der Waals surface area contributed by atoms with Crippen LogP contribution in [0.5, 0.6) is 0 Å². The van der Waals surface area contributed by atoms with Crippen molar-refractivity contribution in [3.63, 3.8) is 0 Å². The molecular weight excluding hydrogens is 302 g/mol. The van der Waals surface area contributed by atoms with E-state index >= 15 is 0 Å². The van der Waals surface area contributed by atoms with Crippen LogP contribution in [0.1, 0.15) is 26.7 Å². The number of carbonyl (C=O) groups is 2. The molecule has 0 unspecified atom stereocenters. The second kappa shape index (κ2) is 6.43. The first-order chi connectivity index (χ1) is 11.0. The summed E-state index contributed by atoms with van der Waals surface area (Å²) in [6, 6.07) is 6.15. The summed E-state index contributed by atoms with van der Waals surface area (Å²) in [5, 5.41) is 5.63. The van der Waals surface area contributed by atoms with E-state index in [4.69, 9.17) is 16.9 Å². The quantitative estimate of drug-likeness (QED) is 0.313. The van der Waals surface area contributed by atoms with Gasteiger partial charge in [0.2, 0.25) is 0 Å². The van der Waals surface area contributed by atoms with Gasteiger partial charge in [0, 0.05) is 11.1 Å². The van der Waals surface area contributed by atoms with Gasteiger partial charge in [-0.15, -0.1) is 0 Å². The lowest BCUT2D eigenvalue weighted by Crippen LogP contribution is -2.25. The molecule has 6 N–H and O–H groups in total. The maximum absolute atomic E-state index is 12.0. The van der Waals surface area contributed by atoms with Crippen LogP contribution in [-0.4, -0.2) is 21.5 Å². The molecule has 1 aromatic heterocycles. The maximum atomic E-state index is 12.0. The number of carbonyl (C=O) groups excluding carboxylic acids is 2. The monoisotopic (exact) mass is 315 g/mol. The van der Waals surface area contributed by atoms with E-state index in [0.29, 0.717) is 22.6 Å². The minimum atomic E-state index is -0.673. The molecule has 11 heteroatoms. The summed E-state index contributed by atoms with van der Waals surface area (Å²) in [7, 11) is 0. The van der Waals surface area contributed by atoms with Crippen molar-refractivity contribution in [2.75, 3.05) is 5.84 Å². The van der Waals surface area contributed by atoms with Crippen LogP contribution in [0.25, 0.3) is 11.3 Å². The van der Waals surface area contributed by atoms with Gasteiger partial charge < -0.3 is 5.84 Å². The maximum Gasteiger partial charge on any atom is 0.293 e. The second-order valence-corrected chi connectivity index (χ2v) is 4.41. The van der Waals surface area contributed by atoms with Crippen molar-refractivity contribution in [1.29, 1.82) is 11.1 Å². The molecule has 11 nitrogen and oxygen atoms in total. The van der Waals surface area contributed by atoms with Crippen molar-refractivity contribution >= 4 is 11.8 Å². The van der Waals surface area contributed by atoms with Crippen molar-refractivity contribution in [1.82, 2.24) is 20.5 Å². The highest BCUT2D eigenvalue weighted by Crippen LogP contribution is 2.23. The van der Waals surface area contributed by atoms with E-state index in [1.807, 2.05) is 10.9 Å². The molecule has 0 aliphatic carbocycles. The molecule has 23 heavy (non-hydrogen) atoms. The van der Waals surface area contributed by atoms with Gasteiger partial charge in [0.15, 0.2) is 5.69 Å². The molecule has 0 fully saturated rings. The minimum Gasteiger partial charge on any atom is -0.337 e. The van der Waals surface area contributed by atoms with E-state index in [1.165, 1.54) is 12.1 Å². The minimum absolute atomic E-state index is 0.0388. The number of nitrogen functional groups attached to an aromatic ring is 1. The van der Waals surface area contributed by atoms with E-state index in [2.05, 4.69) is 15.4 Å². The van der Waals surface area contributed by atoms with E-state index < -0.39 is 11.8 Å². The summed E-state index contributed by atoms with van der Waals surface area (Å²) in [6.45, 7) is 1.62. The molecule has 0 bridgehead atoms. The first-order valence-corrected chi connectivity index (χ1v) is 6.28. The smallest absolute Gasteiger partial charge is 0.293 e. The number of benzene rings is 1. The predicted molar refractivity (Wildman–Crippen MR) is 77.8 cm³/mol. The highest BCUT2D eigenvalue weighted by Gasteiger charge is 2.21. The molecule has 0 spiro atoms. The number of hydrogen-bond acceptors (Lipinski definition) is 8. The summed E-state index contributed by atoms with van der Waals surface area (Å²) in [4.78, 5) is 27.7. The number of aromatic nitrogens is 2. The van der Waals surface area contributed by atoms with Crippen molar-refractivity contribution in [2.24, 2.45) is 10.4 Å². The van der Waals surface area contributed by atoms with Crippen LogP contribution < -0.4 is 16.7 Å². The van der Waals surface area contributed by atoms with Crippen LogP contribution in [-0.2, 0) is 0 Å². The van der Waals surface area contributed by atoms with Crippen LogP contribution in [0.4, 0.5) is 0 Å². The van der Waals surface area contributed by atoms with E-state index in [1.54, 1.807) is 19.1 Å². The largest absolute Gasteiger partial charge is 0.337 e. The van der Waals surface area contributed by atoms with Crippen LogP contribution in [0, 0.1) is 18.0 Å². The third-order valence-corrected chi connectivity index (χ3v) is 3.04. The van der Waals surface area contributed by atoms with Crippen molar-refractivity contribution in [3.8, 4) is 11.3 Å². The SMILES string of the molecule is Cc1nc(-c2ccc(C(=O)NN=N)cc2)c(C(=O)NN=N)n1N. The summed E-state index contributed by atoms with van der Waals surface area (Å²) >= 11 is 0. The zero-order chi connectivity index (χ0) is 17.0. The van der Waals surface area contributed by atoms with Crippen LogP contribution in [0.3, 0.4) is 0 Å². The number of imidazole rings is 1. The standard InChI is InChI=1S/C12H13N9O2/c1-6-16-9(10(21(6)15)12(23)18-20-14)7-2-4-8(5-3-7)11(22)17-19-13/h2-5H,15H2,1H3,(H2,13,17,22)(H2,14,18,23). The molecule has 2 amide bonds. The van der Waals surface area contributed by atoms with Crippen molar-refractivity contribution in [2.45, 2.75) is 6.92 Å². The Kier molecular flexibility index (Phi) is 4.40. The lowest BCUT2D eigenvalue weighted by Gasteiger charge is -2.05. The Bertz CT molecular complexity index is 779. The number of aryl methyl sites for hydroxylation is 1. The van der Waals surface area contributed by atoms with Gasteiger partial charge in [-0.3, -0.25) is 9.59 Å². The van der Waals surface area contributed by atoms with Crippen LogP contribution >= 0.6 is 0 Å². The van der Waals surface area contributed by atoms with Gasteiger partial charge in [-0.25, -0.2) is 20.5 Å². The lowest BCUT2D eigenvalue weighted by atomic mass is 10.1. The summed E-state index contributed by atoms with van der Waals surface area (Å²) in [5.41, 5.74) is 18.5. The number of hydrogen-bond donors (Lipinski definition) is 5. The molecule has 1 aromatic carbocycles. The fourth-order valence-electron chi connectivity index (χ4n) is 1.96. The Morgan fingerprint density at radius 3 is 2.26 bits per heavy atom. The summed E-state index contributed by atoms with van der Waals surface area (Å²) in [6.07, 6.45) is 0. The molecule has 2 rings (SSSR count). The number of rotatable bonds is 5. The normalized spacial score (nSPS) is 9.96. The van der Waals surface area contributed by atoms with Crippen LogP contribution in [0.2, 0.25) is 0 Å². The number of nitrogens with one attached hydrogen (secondary N) is 4. The third-order valence-electron chi connectivity index (χ3n) is 3.04. The molecule has 1 heterocycles. The molecule has 0 atom stereocenters. The van der Waals surface area contributed by atoms with Gasteiger partial charge in [0.05, 0.1) is 0 Å².